The SMILES string of the molecule is O=C(O)C1(c2nnns2)COC1. The van der Waals surface area contributed by atoms with Crippen LogP contribution in [-0.2, 0) is 14.9 Å². The van der Waals surface area contributed by atoms with Crippen molar-refractivity contribution < 1.29 is 14.6 Å². The van der Waals surface area contributed by atoms with Crippen molar-refractivity contribution in [3.63, 3.8) is 0 Å². The van der Waals surface area contributed by atoms with Crippen LogP contribution in [0.15, 0.2) is 0 Å². The predicted molar refractivity (Wildman–Crippen MR) is 37.8 cm³/mol. The zero-order chi connectivity index (χ0) is 8.60. The van der Waals surface area contributed by atoms with Crippen LogP contribution >= 0.6 is 11.5 Å². The Morgan fingerprint density at radius 1 is 1.67 bits per heavy atom. The fourth-order valence-corrected chi connectivity index (χ4v) is 1.57. The number of carbonyl (C=O) groups is 1. The number of carboxylic acid groups (broad SMARTS) is 1. The lowest BCUT2D eigenvalue weighted by molar-refractivity contribution is -0.163. The van der Waals surface area contributed by atoms with Crippen LogP contribution in [0.25, 0.3) is 0 Å². The highest BCUT2D eigenvalue weighted by Crippen LogP contribution is 2.32. The summed E-state index contributed by atoms with van der Waals surface area (Å²) in [5, 5.41) is 16.3. The van der Waals surface area contributed by atoms with E-state index in [0.29, 0.717) is 5.01 Å². The van der Waals surface area contributed by atoms with E-state index in [1.54, 1.807) is 0 Å². The average molecular weight is 187 g/mol. The maximum Gasteiger partial charge on any atom is 0.321 e. The van der Waals surface area contributed by atoms with Gasteiger partial charge in [-0.05, 0) is 5.21 Å². The van der Waals surface area contributed by atoms with Gasteiger partial charge in [0.15, 0.2) is 10.4 Å². The molecule has 7 heteroatoms. The summed E-state index contributed by atoms with van der Waals surface area (Å²) in [6.45, 7) is 0.332. The van der Waals surface area contributed by atoms with Gasteiger partial charge in [0.2, 0.25) is 0 Å². The van der Waals surface area contributed by atoms with Crippen molar-refractivity contribution >= 4 is 17.5 Å². The molecule has 0 bridgehead atoms. The van der Waals surface area contributed by atoms with E-state index in [1.807, 2.05) is 0 Å². The smallest absolute Gasteiger partial charge is 0.321 e. The van der Waals surface area contributed by atoms with E-state index >= 15 is 0 Å². The fourth-order valence-electron chi connectivity index (χ4n) is 0.962. The van der Waals surface area contributed by atoms with Crippen LogP contribution in [0.2, 0.25) is 0 Å². The monoisotopic (exact) mass is 187 g/mol. The molecule has 1 fully saturated rings. The number of hydrogen-bond donors (Lipinski definition) is 1. The molecule has 1 aromatic heterocycles. The highest BCUT2D eigenvalue weighted by Gasteiger charge is 2.51. The van der Waals surface area contributed by atoms with E-state index in [-0.39, 0.29) is 13.2 Å². The lowest BCUT2D eigenvalue weighted by Crippen LogP contribution is -2.53. The molecule has 0 saturated carbocycles. The number of hydrogen-bond acceptors (Lipinski definition) is 6. The van der Waals surface area contributed by atoms with Crippen molar-refractivity contribution in [3.05, 3.63) is 5.01 Å². The van der Waals surface area contributed by atoms with Gasteiger partial charge in [0.05, 0.1) is 13.2 Å². The first kappa shape index (κ1) is 7.56. The molecule has 12 heavy (non-hydrogen) atoms. The van der Waals surface area contributed by atoms with E-state index in [2.05, 4.69) is 14.8 Å². The Morgan fingerprint density at radius 2 is 2.42 bits per heavy atom. The summed E-state index contributed by atoms with van der Waals surface area (Å²) < 4.78 is 8.37. The van der Waals surface area contributed by atoms with Crippen LogP contribution in [0.5, 0.6) is 0 Å². The van der Waals surface area contributed by atoms with Gasteiger partial charge in [0.25, 0.3) is 0 Å². The van der Waals surface area contributed by atoms with Gasteiger partial charge in [-0.2, -0.15) is 0 Å². The largest absolute Gasteiger partial charge is 0.480 e. The van der Waals surface area contributed by atoms with Gasteiger partial charge >= 0.3 is 5.97 Å². The molecule has 0 atom stereocenters. The molecule has 0 amide bonds. The lowest BCUT2D eigenvalue weighted by atomic mass is 9.87. The minimum atomic E-state index is -0.978. The molecule has 6 nitrogen and oxygen atoms in total. The van der Waals surface area contributed by atoms with Gasteiger partial charge in [0.1, 0.15) is 0 Å². The molecule has 0 unspecified atom stereocenters. The molecular weight excluding hydrogens is 182 g/mol. The zero-order valence-corrected chi connectivity index (χ0v) is 6.74. The first-order chi connectivity index (χ1) is 5.76. The van der Waals surface area contributed by atoms with Crippen molar-refractivity contribution in [2.45, 2.75) is 5.41 Å². The number of rotatable bonds is 2. The second kappa shape index (κ2) is 2.46. The van der Waals surface area contributed by atoms with Crippen LogP contribution in [0.4, 0.5) is 0 Å². The van der Waals surface area contributed by atoms with E-state index < -0.39 is 11.4 Å². The van der Waals surface area contributed by atoms with E-state index in [0.717, 1.165) is 11.5 Å². The zero-order valence-electron chi connectivity index (χ0n) is 5.93. The van der Waals surface area contributed by atoms with Crippen molar-refractivity contribution in [2.24, 2.45) is 0 Å². The van der Waals surface area contributed by atoms with Gasteiger partial charge in [-0.15, -0.1) is 5.10 Å². The molecule has 0 spiro atoms. The molecule has 1 N–H and O–H groups in total. The summed E-state index contributed by atoms with van der Waals surface area (Å²) >= 11 is 1.00. The Kier molecular flexibility index (Phi) is 1.55. The van der Waals surface area contributed by atoms with Gasteiger partial charge in [-0.1, -0.05) is 4.49 Å². The standard InChI is InChI=1S/C5H5N3O3S/c9-4(10)5(1-11-2-5)3-6-7-8-12-3/h1-2H2,(H,9,10). The number of carboxylic acids is 1. The van der Waals surface area contributed by atoms with Crippen LogP contribution in [-0.4, -0.2) is 39.1 Å². The van der Waals surface area contributed by atoms with Crippen LogP contribution in [0, 0.1) is 0 Å². The van der Waals surface area contributed by atoms with Gasteiger partial charge in [-0.3, -0.25) is 4.79 Å². The summed E-state index contributed by atoms with van der Waals surface area (Å²) in [6, 6.07) is 0. The maximum atomic E-state index is 10.8. The lowest BCUT2D eigenvalue weighted by Gasteiger charge is -2.34. The molecule has 1 saturated heterocycles. The normalized spacial score (nSPS) is 20.0. The fraction of sp³-hybridized carbons (Fsp3) is 0.600. The third-order valence-electron chi connectivity index (χ3n) is 1.82. The van der Waals surface area contributed by atoms with Gasteiger partial charge in [0, 0.05) is 11.5 Å². The maximum absolute atomic E-state index is 10.8. The van der Waals surface area contributed by atoms with Crippen molar-refractivity contribution in [1.82, 2.24) is 14.8 Å². The second-order valence-corrected chi connectivity index (χ2v) is 3.28. The molecule has 1 aliphatic rings. The Morgan fingerprint density at radius 3 is 2.75 bits per heavy atom. The second-order valence-electron chi connectivity index (χ2n) is 2.55. The summed E-state index contributed by atoms with van der Waals surface area (Å²) in [5.41, 5.74) is -0.978. The molecule has 64 valence electrons. The first-order valence-electron chi connectivity index (χ1n) is 3.22. The van der Waals surface area contributed by atoms with Crippen molar-refractivity contribution in [2.75, 3.05) is 13.2 Å². The number of aromatic nitrogens is 3. The third kappa shape index (κ3) is 0.833. The van der Waals surface area contributed by atoms with Crippen molar-refractivity contribution in [1.29, 1.82) is 0 Å². The van der Waals surface area contributed by atoms with E-state index in [9.17, 15) is 4.79 Å². The highest BCUT2D eigenvalue weighted by atomic mass is 32.1. The molecule has 1 aliphatic heterocycles. The Hall–Kier alpha value is -1.08. The van der Waals surface area contributed by atoms with Gasteiger partial charge < -0.3 is 9.84 Å². The van der Waals surface area contributed by atoms with E-state index in [4.69, 9.17) is 9.84 Å². The van der Waals surface area contributed by atoms with E-state index in [1.165, 1.54) is 0 Å². The minimum Gasteiger partial charge on any atom is -0.480 e. The van der Waals surface area contributed by atoms with Crippen LogP contribution in [0.3, 0.4) is 0 Å². The third-order valence-corrected chi connectivity index (χ3v) is 2.62. The highest BCUT2D eigenvalue weighted by molar-refractivity contribution is 7.05. The number of aliphatic carboxylic acids is 1. The van der Waals surface area contributed by atoms with Crippen LogP contribution in [0.1, 0.15) is 5.01 Å². The molecule has 1 aromatic rings. The molecule has 0 aromatic carbocycles. The molecule has 2 heterocycles. The average Bonchev–Trinajstić information content (AvgIpc) is 2.35. The summed E-state index contributed by atoms with van der Waals surface area (Å²) in [5.74, 6) is -0.924. The minimum absolute atomic E-state index is 0.166. The Bertz CT molecular complexity index is 295. The first-order valence-corrected chi connectivity index (χ1v) is 4.00. The molecular formula is C5H5N3O3S. The molecule has 0 radical (unpaired) electrons. The van der Waals surface area contributed by atoms with Crippen molar-refractivity contribution in [3.8, 4) is 0 Å². The van der Waals surface area contributed by atoms with Crippen LogP contribution < -0.4 is 0 Å². The summed E-state index contributed by atoms with van der Waals surface area (Å²) in [4.78, 5) is 10.8. The summed E-state index contributed by atoms with van der Waals surface area (Å²) in [7, 11) is 0. The molecule has 0 aliphatic carbocycles. The quantitative estimate of drug-likeness (QED) is 0.658. The number of ether oxygens (including phenoxy) is 1. The van der Waals surface area contributed by atoms with Gasteiger partial charge in [-0.25, -0.2) is 0 Å². The summed E-state index contributed by atoms with van der Waals surface area (Å²) in [6.07, 6.45) is 0. The Labute approximate surface area is 71.3 Å². The topological polar surface area (TPSA) is 85.2 Å². The Balaban J connectivity index is 2.35. The molecule has 2 rings (SSSR count). The predicted octanol–water partition coefficient (Wildman–Crippen LogP) is -0.714. The number of nitrogens with zero attached hydrogens (tertiary/aromatic N) is 3.